The Balaban J connectivity index is 2.27. The van der Waals surface area contributed by atoms with Crippen LogP contribution in [-0.4, -0.2) is 20.6 Å². The van der Waals surface area contributed by atoms with Crippen molar-refractivity contribution in [1.29, 1.82) is 0 Å². The van der Waals surface area contributed by atoms with Crippen LogP contribution in [-0.2, 0) is 11.3 Å². The first-order valence-corrected chi connectivity index (χ1v) is 6.29. The van der Waals surface area contributed by atoms with Gasteiger partial charge in [-0.2, -0.15) is 0 Å². The highest BCUT2D eigenvalue weighted by atomic mass is 16.4. The molecule has 0 radical (unpaired) electrons. The molecule has 0 bridgehead atoms. The maximum absolute atomic E-state index is 10.6. The molecule has 0 saturated carbocycles. The van der Waals surface area contributed by atoms with E-state index in [0.717, 1.165) is 11.3 Å². The van der Waals surface area contributed by atoms with Crippen LogP contribution in [0.15, 0.2) is 24.7 Å². The molecule has 4 nitrogen and oxygen atoms in total. The quantitative estimate of drug-likeness (QED) is 0.917. The summed E-state index contributed by atoms with van der Waals surface area (Å²) in [5.74, 6) is -0.794. The van der Waals surface area contributed by atoms with Crippen molar-refractivity contribution < 1.29 is 9.90 Å². The van der Waals surface area contributed by atoms with Gasteiger partial charge >= 0.3 is 5.97 Å². The minimum Gasteiger partial charge on any atom is -0.481 e. The third kappa shape index (κ3) is 3.02. The van der Waals surface area contributed by atoms with E-state index in [9.17, 15) is 4.79 Å². The zero-order valence-electron chi connectivity index (χ0n) is 11.5. The zero-order valence-corrected chi connectivity index (χ0v) is 11.5. The molecule has 0 saturated heterocycles. The van der Waals surface area contributed by atoms with Crippen LogP contribution < -0.4 is 0 Å². The van der Waals surface area contributed by atoms with E-state index < -0.39 is 5.97 Å². The second-order valence-corrected chi connectivity index (χ2v) is 4.89. The maximum atomic E-state index is 10.6. The average Bonchev–Trinajstić information content (AvgIpc) is 2.80. The smallest absolute Gasteiger partial charge is 0.305 e. The Kier molecular flexibility index (Phi) is 3.69. The van der Waals surface area contributed by atoms with Gasteiger partial charge in [0.1, 0.15) is 0 Å². The third-order valence-corrected chi connectivity index (χ3v) is 3.33. The molecule has 19 heavy (non-hydrogen) atoms. The van der Waals surface area contributed by atoms with Gasteiger partial charge in [-0.25, -0.2) is 4.98 Å². The van der Waals surface area contributed by atoms with E-state index in [1.807, 2.05) is 10.8 Å². The van der Waals surface area contributed by atoms with Gasteiger partial charge in [-0.3, -0.25) is 4.79 Å². The van der Waals surface area contributed by atoms with Gasteiger partial charge in [0, 0.05) is 18.3 Å². The molecule has 0 amide bonds. The van der Waals surface area contributed by atoms with Crippen LogP contribution in [0.4, 0.5) is 0 Å². The number of aryl methyl sites for hydroxylation is 4. The van der Waals surface area contributed by atoms with Gasteiger partial charge in [-0.1, -0.05) is 6.07 Å². The van der Waals surface area contributed by atoms with Gasteiger partial charge in [-0.15, -0.1) is 0 Å². The number of benzene rings is 1. The molecule has 1 aromatic heterocycles. The number of hydrogen-bond acceptors (Lipinski definition) is 2. The van der Waals surface area contributed by atoms with Gasteiger partial charge in [0.15, 0.2) is 0 Å². The first-order chi connectivity index (χ1) is 8.97. The summed E-state index contributed by atoms with van der Waals surface area (Å²) in [4.78, 5) is 14.9. The summed E-state index contributed by atoms with van der Waals surface area (Å²) in [7, 11) is 0. The van der Waals surface area contributed by atoms with Crippen molar-refractivity contribution in [3.8, 4) is 11.3 Å². The second kappa shape index (κ2) is 5.26. The molecule has 1 heterocycles. The highest BCUT2D eigenvalue weighted by molar-refractivity contribution is 5.67. The van der Waals surface area contributed by atoms with Gasteiger partial charge in [0.2, 0.25) is 0 Å². The fourth-order valence-corrected chi connectivity index (χ4v) is 2.08. The van der Waals surface area contributed by atoms with Crippen LogP contribution in [0.1, 0.15) is 23.1 Å². The molecule has 4 heteroatoms. The molecule has 2 rings (SSSR count). The third-order valence-electron chi connectivity index (χ3n) is 3.33. The second-order valence-electron chi connectivity index (χ2n) is 4.89. The molecule has 0 atom stereocenters. The summed E-state index contributed by atoms with van der Waals surface area (Å²) in [6.45, 7) is 6.70. The highest BCUT2D eigenvalue weighted by Gasteiger charge is 2.08. The van der Waals surface area contributed by atoms with Crippen molar-refractivity contribution in [1.82, 2.24) is 9.55 Å². The minimum absolute atomic E-state index is 0.113. The number of rotatable bonds is 4. The van der Waals surface area contributed by atoms with Crippen molar-refractivity contribution >= 4 is 5.97 Å². The summed E-state index contributed by atoms with van der Waals surface area (Å²) >= 11 is 0. The van der Waals surface area contributed by atoms with Gasteiger partial charge in [-0.05, 0) is 43.5 Å². The maximum Gasteiger partial charge on any atom is 0.305 e. The summed E-state index contributed by atoms with van der Waals surface area (Å²) in [6, 6.07) is 4.29. The first kappa shape index (κ1) is 13.3. The topological polar surface area (TPSA) is 55.1 Å². The zero-order chi connectivity index (χ0) is 14.0. The molecule has 0 fully saturated rings. The van der Waals surface area contributed by atoms with Crippen LogP contribution in [0, 0.1) is 20.8 Å². The van der Waals surface area contributed by atoms with Gasteiger partial charge in [0.25, 0.3) is 0 Å². The van der Waals surface area contributed by atoms with Crippen molar-refractivity contribution in [2.75, 3.05) is 0 Å². The normalized spacial score (nSPS) is 10.7. The Bertz CT molecular complexity index is 615. The Hall–Kier alpha value is -2.10. The summed E-state index contributed by atoms with van der Waals surface area (Å²) < 4.78 is 1.82. The van der Waals surface area contributed by atoms with Gasteiger partial charge in [0.05, 0.1) is 18.4 Å². The molecule has 0 spiro atoms. The molecule has 0 aliphatic rings. The van der Waals surface area contributed by atoms with E-state index in [-0.39, 0.29) is 6.42 Å². The average molecular weight is 258 g/mol. The number of carboxylic acid groups (broad SMARTS) is 1. The highest BCUT2D eigenvalue weighted by Crippen LogP contribution is 2.24. The number of aliphatic carboxylic acids is 1. The van der Waals surface area contributed by atoms with Crippen molar-refractivity contribution in [2.24, 2.45) is 0 Å². The van der Waals surface area contributed by atoms with Crippen LogP contribution in [0.25, 0.3) is 11.3 Å². The van der Waals surface area contributed by atoms with E-state index in [1.165, 1.54) is 16.7 Å². The summed E-state index contributed by atoms with van der Waals surface area (Å²) in [5, 5.41) is 8.68. The molecular weight excluding hydrogens is 240 g/mol. The lowest BCUT2D eigenvalue weighted by Gasteiger charge is -2.07. The fraction of sp³-hybridized carbons (Fsp3) is 0.333. The molecule has 0 unspecified atom stereocenters. The molecular formula is C15H18N2O2. The Morgan fingerprint density at radius 1 is 1.21 bits per heavy atom. The standard InChI is InChI=1S/C15H18N2O2/c1-10-6-12(3)13(7-11(10)2)14-8-17(9-16-14)5-4-15(18)19/h6-9H,4-5H2,1-3H3,(H,18,19). The lowest BCUT2D eigenvalue weighted by molar-refractivity contribution is -0.137. The predicted octanol–water partition coefficient (Wildman–Crippen LogP) is 2.95. The largest absolute Gasteiger partial charge is 0.481 e. The lowest BCUT2D eigenvalue weighted by Crippen LogP contribution is -2.02. The number of carbonyl (C=O) groups is 1. The first-order valence-electron chi connectivity index (χ1n) is 6.29. The van der Waals surface area contributed by atoms with Crippen molar-refractivity contribution in [3.05, 3.63) is 41.3 Å². The van der Waals surface area contributed by atoms with E-state index in [1.54, 1.807) is 6.33 Å². The summed E-state index contributed by atoms with van der Waals surface area (Å²) in [6.07, 6.45) is 3.70. The Morgan fingerprint density at radius 2 is 1.89 bits per heavy atom. The van der Waals surface area contributed by atoms with Crippen LogP contribution in [0.2, 0.25) is 0 Å². The molecule has 2 aromatic rings. The van der Waals surface area contributed by atoms with Crippen molar-refractivity contribution in [3.63, 3.8) is 0 Å². The van der Waals surface area contributed by atoms with Crippen LogP contribution in [0.5, 0.6) is 0 Å². The van der Waals surface area contributed by atoms with Crippen molar-refractivity contribution in [2.45, 2.75) is 33.7 Å². The predicted molar refractivity (Wildman–Crippen MR) is 74.1 cm³/mol. The molecule has 1 N–H and O–H groups in total. The lowest BCUT2D eigenvalue weighted by atomic mass is 9.99. The Labute approximate surface area is 112 Å². The number of imidazole rings is 1. The van der Waals surface area contributed by atoms with Crippen LogP contribution in [0.3, 0.4) is 0 Å². The monoisotopic (exact) mass is 258 g/mol. The molecule has 1 aromatic carbocycles. The number of aromatic nitrogens is 2. The van der Waals surface area contributed by atoms with E-state index >= 15 is 0 Å². The van der Waals surface area contributed by atoms with E-state index in [4.69, 9.17) is 5.11 Å². The van der Waals surface area contributed by atoms with E-state index in [0.29, 0.717) is 6.54 Å². The fourth-order valence-electron chi connectivity index (χ4n) is 2.08. The van der Waals surface area contributed by atoms with E-state index in [2.05, 4.69) is 37.9 Å². The Morgan fingerprint density at radius 3 is 2.58 bits per heavy atom. The summed E-state index contributed by atoms with van der Waals surface area (Å²) in [5.41, 5.74) is 5.70. The number of nitrogens with zero attached hydrogens (tertiary/aromatic N) is 2. The number of carboxylic acids is 1. The molecule has 0 aliphatic heterocycles. The SMILES string of the molecule is Cc1cc(C)c(-c2cn(CCC(=O)O)cn2)cc1C. The van der Waals surface area contributed by atoms with Gasteiger partial charge < -0.3 is 9.67 Å². The number of hydrogen-bond donors (Lipinski definition) is 1. The molecule has 100 valence electrons. The molecule has 0 aliphatic carbocycles. The van der Waals surface area contributed by atoms with Crippen LogP contribution >= 0.6 is 0 Å². The minimum atomic E-state index is -0.794.